The number of carbonyl (C=O) groups is 2. The highest BCUT2D eigenvalue weighted by molar-refractivity contribution is 6.34. The highest BCUT2D eigenvalue weighted by Crippen LogP contribution is 2.25. The average Bonchev–Trinajstić information content (AvgIpc) is 2.87. The largest absolute Gasteiger partial charge is 0.459 e. The van der Waals surface area contributed by atoms with Gasteiger partial charge in [0, 0.05) is 5.69 Å². The van der Waals surface area contributed by atoms with E-state index in [1.165, 1.54) is 12.3 Å². The summed E-state index contributed by atoms with van der Waals surface area (Å²) in [6, 6.07) is 7.90. The van der Waals surface area contributed by atoms with Gasteiger partial charge in [0.15, 0.2) is 5.76 Å². The second kappa shape index (κ2) is 5.37. The van der Waals surface area contributed by atoms with Gasteiger partial charge in [-0.3, -0.25) is 9.59 Å². The summed E-state index contributed by atoms with van der Waals surface area (Å²) in [5, 5.41) is 5.43. The van der Waals surface area contributed by atoms with Gasteiger partial charge in [-0.2, -0.15) is 0 Å². The number of amides is 2. The molecule has 1 aromatic heterocycles. The molecule has 2 N–H and O–H groups in total. The summed E-state index contributed by atoms with van der Waals surface area (Å²) in [5.41, 5.74) is 0.925. The Morgan fingerprint density at radius 3 is 2.83 bits per heavy atom. The van der Waals surface area contributed by atoms with Gasteiger partial charge in [-0.1, -0.05) is 11.6 Å². The highest BCUT2D eigenvalue weighted by Gasteiger charge is 2.11. The maximum Gasteiger partial charge on any atom is 0.291 e. The Balaban J connectivity index is 2.20. The molecule has 0 unspecified atom stereocenters. The molecule has 2 aromatic rings. The van der Waals surface area contributed by atoms with Gasteiger partial charge in [0.1, 0.15) is 0 Å². The Morgan fingerprint density at radius 2 is 2.17 bits per heavy atom. The van der Waals surface area contributed by atoms with E-state index in [1.807, 2.05) is 0 Å². The molecule has 2 amide bonds. The fourth-order valence-electron chi connectivity index (χ4n) is 1.37. The summed E-state index contributed by atoms with van der Waals surface area (Å²) in [6.45, 7) is 0. The molecular weight excluding hydrogens is 256 g/mol. The van der Waals surface area contributed by atoms with Gasteiger partial charge in [0.2, 0.25) is 6.41 Å². The molecule has 0 saturated heterocycles. The maximum atomic E-state index is 11.7. The van der Waals surface area contributed by atoms with Crippen molar-refractivity contribution in [3.8, 4) is 0 Å². The molecule has 2 rings (SSSR count). The maximum absolute atomic E-state index is 11.7. The average molecular weight is 265 g/mol. The van der Waals surface area contributed by atoms with Gasteiger partial charge in [-0.05, 0) is 30.3 Å². The first kappa shape index (κ1) is 12.2. The van der Waals surface area contributed by atoms with Crippen LogP contribution in [0.5, 0.6) is 0 Å². The molecule has 0 aliphatic heterocycles. The molecule has 1 heterocycles. The number of benzene rings is 1. The molecule has 6 heteroatoms. The molecule has 0 aliphatic rings. The van der Waals surface area contributed by atoms with E-state index >= 15 is 0 Å². The Labute approximate surface area is 108 Å². The van der Waals surface area contributed by atoms with Crippen molar-refractivity contribution in [1.29, 1.82) is 0 Å². The lowest BCUT2D eigenvalue weighted by Gasteiger charge is -2.07. The number of nitrogens with one attached hydrogen (secondary N) is 2. The second-order valence-electron chi connectivity index (χ2n) is 3.39. The van der Waals surface area contributed by atoms with Crippen LogP contribution in [0.3, 0.4) is 0 Å². The van der Waals surface area contributed by atoms with Gasteiger partial charge in [0.25, 0.3) is 5.91 Å². The number of carbonyl (C=O) groups excluding carboxylic acids is 2. The van der Waals surface area contributed by atoms with Gasteiger partial charge in [-0.25, -0.2) is 0 Å². The molecule has 18 heavy (non-hydrogen) atoms. The number of anilines is 2. The van der Waals surface area contributed by atoms with E-state index < -0.39 is 5.91 Å². The minimum absolute atomic E-state index is 0.180. The minimum Gasteiger partial charge on any atom is -0.459 e. The van der Waals surface area contributed by atoms with E-state index in [0.29, 0.717) is 22.8 Å². The van der Waals surface area contributed by atoms with Crippen LogP contribution in [0.2, 0.25) is 5.02 Å². The SMILES string of the molecule is O=CNc1ccc(Cl)c(NC(=O)c2ccco2)c1. The van der Waals surface area contributed by atoms with Crippen LogP contribution >= 0.6 is 11.6 Å². The Bertz CT molecular complexity index is 567. The molecule has 0 atom stereocenters. The number of hydrogen-bond acceptors (Lipinski definition) is 3. The zero-order chi connectivity index (χ0) is 13.0. The van der Waals surface area contributed by atoms with Crippen molar-refractivity contribution in [3.05, 3.63) is 47.4 Å². The highest BCUT2D eigenvalue weighted by atomic mass is 35.5. The van der Waals surface area contributed by atoms with Crippen molar-refractivity contribution in [2.75, 3.05) is 10.6 Å². The fourth-order valence-corrected chi connectivity index (χ4v) is 1.54. The van der Waals surface area contributed by atoms with E-state index in [4.69, 9.17) is 16.0 Å². The summed E-state index contributed by atoms with van der Waals surface area (Å²) in [5.74, 6) is -0.232. The lowest BCUT2D eigenvalue weighted by atomic mass is 10.2. The lowest BCUT2D eigenvalue weighted by molar-refractivity contribution is -0.105. The lowest BCUT2D eigenvalue weighted by Crippen LogP contribution is -2.11. The van der Waals surface area contributed by atoms with E-state index in [2.05, 4.69) is 10.6 Å². The Hall–Kier alpha value is -2.27. The number of furan rings is 1. The van der Waals surface area contributed by atoms with Crippen molar-refractivity contribution in [3.63, 3.8) is 0 Å². The monoisotopic (exact) mass is 264 g/mol. The van der Waals surface area contributed by atoms with Gasteiger partial charge in [0.05, 0.1) is 17.0 Å². The van der Waals surface area contributed by atoms with Crippen molar-refractivity contribution in [1.82, 2.24) is 0 Å². The third-order valence-electron chi connectivity index (χ3n) is 2.19. The summed E-state index contributed by atoms with van der Waals surface area (Å²) in [7, 11) is 0. The molecule has 92 valence electrons. The molecule has 1 aromatic carbocycles. The van der Waals surface area contributed by atoms with Crippen LogP contribution < -0.4 is 10.6 Å². The third-order valence-corrected chi connectivity index (χ3v) is 2.51. The molecule has 0 radical (unpaired) electrons. The van der Waals surface area contributed by atoms with Crippen molar-refractivity contribution >= 4 is 35.3 Å². The van der Waals surface area contributed by atoms with Gasteiger partial charge in [-0.15, -0.1) is 0 Å². The molecule has 0 spiro atoms. The predicted molar refractivity (Wildman–Crippen MR) is 67.8 cm³/mol. The standard InChI is InChI=1S/C12H9ClN2O3/c13-9-4-3-8(14-7-16)6-10(9)15-12(17)11-2-1-5-18-11/h1-7H,(H,14,16)(H,15,17). The smallest absolute Gasteiger partial charge is 0.291 e. The normalized spacial score (nSPS) is 9.83. The zero-order valence-electron chi connectivity index (χ0n) is 9.14. The van der Waals surface area contributed by atoms with Crippen molar-refractivity contribution in [2.24, 2.45) is 0 Å². The molecule has 5 nitrogen and oxygen atoms in total. The first-order valence-electron chi connectivity index (χ1n) is 5.05. The summed E-state index contributed by atoms with van der Waals surface area (Å²) in [6.07, 6.45) is 1.95. The van der Waals surface area contributed by atoms with E-state index in [-0.39, 0.29) is 5.76 Å². The molecule has 0 bridgehead atoms. The quantitative estimate of drug-likeness (QED) is 0.834. The van der Waals surface area contributed by atoms with Gasteiger partial charge < -0.3 is 15.1 Å². The van der Waals surface area contributed by atoms with Crippen LogP contribution in [0.4, 0.5) is 11.4 Å². The third kappa shape index (κ3) is 2.70. The summed E-state index contributed by atoms with van der Waals surface area (Å²) >= 11 is 5.94. The second-order valence-corrected chi connectivity index (χ2v) is 3.80. The first-order chi connectivity index (χ1) is 8.70. The molecular formula is C12H9ClN2O3. The van der Waals surface area contributed by atoms with E-state index in [9.17, 15) is 9.59 Å². The predicted octanol–water partition coefficient (Wildman–Crippen LogP) is 2.75. The van der Waals surface area contributed by atoms with Gasteiger partial charge >= 0.3 is 0 Å². The fraction of sp³-hybridized carbons (Fsp3) is 0. The van der Waals surface area contributed by atoms with E-state index in [0.717, 1.165) is 0 Å². The van der Waals surface area contributed by atoms with Crippen LogP contribution in [0.1, 0.15) is 10.6 Å². The zero-order valence-corrected chi connectivity index (χ0v) is 9.90. The van der Waals surface area contributed by atoms with Crippen LogP contribution in [0, 0.1) is 0 Å². The number of rotatable bonds is 4. The molecule has 0 saturated carbocycles. The first-order valence-corrected chi connectivity index (χ1v) is 5.43. The van der Waals surface area contributed by atoms with Crippen LogP contribution in [-0.4, -0.2) is 12.3 Å². The van der Waals surface area contributed by atoms with Crippen molar-refractivity contribution in [2.45, 2.75) is 0 Å². The molecule has 0 fully saturated rings. The van der Waals surface area contributed by atoms with Crippen LogP contribution in [0.15, 0.2) is 41.0 Å². The Morgan fingerprint density at radius 1 is 1.33 bits per heavy atom. The molecule has 0 aliphatic carbocycles. The Kier molecular flexibility index (Phi) is 3.64. The minimum atomic E-state index is -0.412. The number of halogens is 1. The van der Waals surface area contributed by atoms with E-state index in [1.54, 1.807) is 24.3 Å². The number of hydrogen-bond donors (Lipinski definition) is 2. The summed E-state index contributed by atoms with van der Waals surface area (Å²) in [4.78, 5) is 22.1. The topological polar surface area (TPSA) is 71.3 Å². The summed E-state index contributed by atoms with van der Waals surface area (Å²) < 4.78 is 4.96. The van der Waals surface area contributed by atoms with Crippen LogP contribution in [-0.2, 0) is 4.79 Å². The van der Waals surface area contributed by atoms with Crippen molar-refractivity contribution < 1.29 is 14.0 Å². The van der Waals surface area contributed by atoms with Crippen LogP contribution in [0.25, 0.3) is 0 Å².